The Hall–Kier alpha value is -1.17. The number of phenols is 1. The molecule has 21 heavy (non-hydrogen) atoms. The maximum Gasteiger partial charge on any atom is 0.159 e. The molecular formula is C15H10Br2ClNO2. The Balaban J connectivity index is 2.42. The molecule has 3 nitrogen and oxygen atoms in total. The summed E-state index contributed by atoms with van der Waals surface area (Å²) >= 11 is 12.7. The summed E-state index contributed by atoms with van der Waals surface area (Å²) in [6.07, 6.45) is 1.50. The van der Waals surface area contributed by atoms with Crippen LogP contribution >= 0.6 is 43.5 Å². The van der Waals surface area contributed by atoms with Crippen molar-refractivity contribution in [2.24, 2.45) is 4.99 Å². The van der Waals surface area contributed by atoms with E-state index in [1.54, 1.807) is 30.3 Å². The Labute approximate surface area is 143 Å². The third-order valence-electron chi connectivity index (χ3n) is 2.75. The van der Waals surface area contributed by atoms with Crippen molar-refractivity contribution in [3.63, 3.8) is 0 Å². The van der Waals surface area contributed by atoms with Gasteiger partial charge in [0.2, 0.25) is 0 Å². The van der Waals surface area contributed by atoms with Gasteiger partial charge in [-0.25, -0.2) is 0 Å². The van der Waals surface area contributed by atoms with Crippen molar-refractivity contribution in [2.75, 3.05) is 0 Å². The molecule has 0 atom stereocenters. The molecule has 2 aromatic rings. The second-order valence-corrected chi connectivity index (χ2v) is 6.48. The lowest BCUT2D eigenvalue weighted by atomic mass is 10.1. The van der Waals surface area contributed by atoms with Gasteiger partial charge in [-0.15, -0.1) is 0 Å². The molecule has 6 heteroatoms. The number of carbonyl (C=O) groups is 1. The van der Waals surface area contributed by atoms with E-state index >= 15 is 0 Å². The minimum atomic E-state index is -0.0591. The lowest BCUT2D eigenvalue weighted by molar-refractivity contribution is 0.101. The van der Waals surface area contributed by atoms with Gasteiger partial charge in [-0.05, 0) is 53.2 Å². The first kappa shape index (κ1) is 16.2. The van der Waals surface area contributed by atoms with E-state index in [0.717, 1.165) is 4.47 Å². The number of Topliss-reactive ketones (excluding diaryl/α,β-unsaturated/α-hetero) is 1. The largest absolute Gasteiger partial charge is 0.506 e. The number of nitrogens with zero attached hydrogens (tertiary/aromatic N) is 1. The van der Waals surface area contributed by atoms with E-state index in [1.807, 2.05) is 0 Å². The summed E-state index contributed by atoms with van der Waals surface area (Å²) in [4.78, 5) is 15.6. The summed E-state index contributed by atoms with van der Waals surface area (Å²) in [5, 5.41) is 10.4. The van der Waals surface area contributed by atoms with Gasteiger partial charge >= 0.3 is 0 Å². The fourth-order valence-electron chi connectivity index (χ4n) is 1.65. The van der Waals surface area contributed by atoms with E-state index in [1.165, 1.54) is 13.1 Å². The summed E-state index contributed by atoms with van der Waals surface area (Å²) < 4.78 is 1.36. The van der Waals surface area contributed by atoms with Crippen molar-refractivity contribution in [2.45, 2.75) is 6.92 Å². The summed E-state index contributed by atoms with van der Waals surface area (Å²) in [6, 6.07) is 8.35. The van der Waals surface area contributed by atoms with Gasteiger partial charge in [-0.1, -0.05) is 27.5 Å². The number of rotatable bonds is 3. The summed E-state index contributed by atoms with van der Waals surface area (Å²) in [5.74, 6) is 0.0250. The number of halogens is 3. The lowest BCUT2D eigenvalue weighted by Crippen LogP contribution is -1.91. The van der Waals surface area contributed by atoms with Crippen LogP contribution in [0.4, 0.5) is 5.69 Å². The number of hydrogen-bond acceptors (Lipinski definition) is 3. The van der Waals surface area contributed by atoms with E-state index in [2.05, 4.69) is 36.9 Å². The van der Waals surface area contributed by atoms with Crippen molar-refractivity contribution in [1.29, 1.82) is 0 Å². The third-order valence-corrected chi connectivity index (χ3v) is 4.13. The number of benzene rings is 2. The highest BCUT2D eigenvalue weighted by Gasteiger charge is 2.07. The Kier molecular flexibility index (Phi) is 5.19. The summed E-state index contributed by atoms with van der Waals surface area (Å²) in [5.41, 5.74) is 1.53. The predicted octanol–water partition coefficient (Wildman–Crippen LogP) is 5.52. The highest BCUT2D eigenvalue weighted by molar-refractivity contribution is 9.11. The molecule has 0 aromatic heterocycles. The number of aliphatic imine (C=N–C) groups is 1. The fourth-order valence-corrected chi connectivity index (χ4v) is 3.08. The van der Waals surface area contributed by atoms with Crippen LogP contribution in [0.2, 0.25) is 5.02 Å². The molecule has 0 saturated heterocycles. The normalized spacial score (nSPS) is 11.0. The van der Waals surface area contributed by atoms with Crippen LogP contribution in [0.25, 0.3) is 0 Å². The monoisotopic (exact) mass is 429 g/mol. The Morgan fingerprint density at radius 1 is 1.29 bits per heavy atom. The molecule has 0 bridgehead atoms. The van der Waals surface area contributed by atoms with Gasteiger partial charge in [0.05, 0.1) is 15.2 Å². The second-order valence-electron chi connectivity index (χ2n) is 4.31. The number of hydrogen-bond donors (Lipinski definition) is 1. The van der Waals surface area contributed by atoms with Crippen molar-refractivity contribution in [3.8, 4) is 5.75 Å². The van der Waals surface area contributed by atoms with Crippen LogP contribution in [0.1, 0.15) is 22.8 Å². The van der Waals surface area contributed by atoms with Crippen molar-refractivity contribution in [1.82, 2.24) is 0 Å². The van der Waals surface area contributed by atoms with Gasteiger partial charge in [0.25, 0.3) is 0 Å². The first-order valence-electron chi connectivity index (χ1n) is 5.91. The van der Waals surface area contributed by atoms with E-state index in [4.69, 9.17) is 11.6 Å². The highest BCUT2D eigenvalue weighted by atomic mass is 79.9. The molecule has 1 N–H and O–H groups in total. The Morgan fingerprint density at radius 3 is 2.67 bits per heavy atom. The van der Waals surface area contributed by atoms with E-state index in [9.17, 15) is 9.90 Å². The van der Waals surface area contributed by atoms with Crippen molar-refractivity contribution < 1.29 is 9.90 Å². The van der Waals surface area contributed by atoms with Crippen LogP contribution in [0, 0.1) is 0 Å². The Bertz CT molecular complexity index is 745. The molecule has 0 amide bonds. The molecule has 0 heterocycles. The minimum Gasteiger partial charge on any atom is -0.506 e. The zero-order chi connectivity index (χ0) is 15.6. The van der Waals surface area contributed by atoms with Crippen LogP contribution in [0.5, 0.6) is 5.75 Å². The molecule has 0 spiro atoms. The Morgan fingerprint density at radius 2 is 2.00 bits per heavy atom. The van der Waals surface area contributed by atoms with Gasteiger partial charge in [0.1, 0.15) is 5.75 Å². The summed E-state index contributed by atoms with van der Waals surface area (Å²) in [7, 11) is 0. The quantitative estimate of drug-likeness (QED) is 0.514. The molecule has 0 saturated carbocycles. The molecule has 0 fully saturated rings. The maximum atomic E-state index is 11.4. The molecular weight excluding hydrogens is 421 g/mol. The van der Waals surface area contributed by atoms with Crippen LogP contribution in [0.3, 0.4) is 0 Å². The molecule has 0 aliphatic rings. The van der Waals surface area contributed by atoms with Gasteiger partial charge in [-0.3, -0.25) is 9.79 Å². The van der Waals surface area contributed by atoms with Gasteiger partial charge in [0, 0.05) is 21.8 Å². The van der Waals surface area contributed by atoms with Crippen LogP contribution in [-0.2, 0) is 0 Å². The first-order valence-corrected chi connectivity index (χ1v) is 7.87. The molecule has 2 rings (SSSR count). The lowest BCUT2D eigenvalue weighted by Gasteiger charge is -2.04. The number of phenolic OH excluding ortho intramolecular Hbond substituents is 1. The number of ketones is 1. The summed E-state index contributed by atoms with van der Waals surface area (Å²) in [6.45, 7) is 1.48. The highest BCUT2D eigenvalue weighted by Crippen LogP contribution is 2.32. The number of carbonyl (C=O) groups excluding carboxylic acids is 1. The van der Waals surface area contributed by atoms with Gasteiger partial charge in [-0.2, -0.15) is 0 Å². The minimum absolute atomic E-state index is 0.0591. The third kappa shape index (κ3) is 3.93. The van der Waals surface area contributed by atoms with Gasteiger partial charge < -0.3 is 5.11 Å². The van der Waals surface area contributed by atoms with Crippen LogP contribution < -0.4 is 0 Å². The van der Waals surface area contributed by atoms with Crippen molar-refractivity contribution >= 4 is 61.1 Å². The smallest absolute Gasteiger partial charge is 0.159 e. The zero-order valence-electron chi connectivity index (χ0n) is 10.9. The zero-order valence-corrected chi connectivity index (χ0v) is 14.8. The maximum absolute atomic E-state index is 11.4. The van der Waals surface area contributed by atoms with E-state index in [0.29, 0.717) is 26.3 Å². The van der Waals surface area contributed by atoms with E-state index < -0.39 is 0 Å². The van der Waals surface area contributed by atoms with Crippen LogP contribution in [0.15, 0.2) is 44.3 Å². The number of aromatic hydroxyl groups is 1. The molecule has 0 aliphatic heterocycles. The van der Waals surface area contributed by atoms with E-state index in [-0.39, 0.29) is 11.5 Å². The SMILES string of the molecule is CC(=O)c1ccc(Cl)c(N=Cc2cc(Br)cc(Br)c2O)c1. The average Bonchev–Trinajstić information content (AvgIpc) is 2.42. The molecule has 108 valence electrons. The van der Waals surface area contributed by atoms with Gasteiger partial charge in [0.15, 0.2) is 5.78 Å². The predicted molar refractivity (Wildman–Crippen MR) is 92.2 cm³/mol. The fraction of sp³-hybridized carbons (Fsp3) is 0.0667. The molecule has 0 unspecified atom stereocenters. The molecule has 0 radical (unpaired) electrons. The van der Waals surface area contributed by atoms with Crippen molar-refractivity contribution in [3.05, 3.63) is 55.4 Å². The topological polar surface area (TPSA) is 49.7 Å². The average molecular weight is 432 g/mol. The second kappa shape index (κ2) is 6.73. The van der Waals surface area contributed by atoms with Crippen LogP contribution in [-0.4, -0.2) is 17.1 Å². The molecule has 2 aromatic carbocycles. The standard InChI is InChI=1S/C15H10Br2ClNO2/c1-8(20)9-2-3-13(18)14(5-9)19-7-10-4-11(16)6-12(17)15(10)21/h2-7,21H,1H3. The molecule has 0 aliphatic carbocycles. The first-order chi connectivity index (χ1) is 9.88.